The standard InChI is InChI=1S/C25H31FN2O4/c1-4-13-31-25(30)21-7-11-23(12-8-21)32-17-24(29)28-15-18(2)27(14-19(28)3)16-20-5-9-22(26)10-6-20/h5-12,18-19H,4,13-17H2,1-3H3/t18-,19+/m1/s1. The van der Waals surface area contributed by atoms with Gasteiger partial charge in [-0.1, -0.05) is 19.1 Å². The number of esters is 1. The molecule has 3 rings (SSSR count). The highest BCUT2D eigenvalue weighted by molar-refractivity contribution is 5.89. The van der Waals surface area contributed by atoms with Gasteiger partial charge in [-0.15, -0.1) is 0 Å². The zero-order valence-electron chi connectivity index (χ0n) is 18.9. The maximum atomic E-state index is 13.1. The van der Waals surface area contributed by atoms with Gasteiger partial charge < -0.3 is 14.4 Å². The van der Waals surface area contributed by atoms with Crippen molar-refractivity contribution >= 4 is 11.9 Å². The van der Waals surface area contributed by atoms with Gasteiger partial charge in [-0.3, -0.25) is 9.69 Å². The van der Waals surface area contributed by atoms with Crippen molar-refractivity contribution in [1.82, 2.24) is 9.80 Å². The van der Waals surface area contributed by atoms with Gasteiger partial charge in [0.15, 0.2) is 6.61 Å². The first kappa shape index (κ1) is 23.7. The summed E-state index contributed by atoms with van der Waals surface area (Å²) in [7, 11) is 0. The number of benzene rings is 2. The number of nitrogens with zero attached hydrogens (tertiary/aromatic N) is 2. The third kappa shape index (κ3) is 6.29. The van der Waals surface area contributed by atoms with Crippen LogP contribution in [0.2, 0.25) is 0 Å². The fourth-order valence-electron chi connectivity index (χ4n) is 3.78. The molecule has 0 spiro atoms. The second-order valence-corrected chi connectivity index (χ2v) is 8.25. The van der Waals surface area contributed by atoms with E-state index in [-0.39, 0.29) is 36.4 Å². The van der Waals surface area contributed by atoms with E-state index in [0.29, 0.717) is 24.5 Å². The molecular weight excluding hydrogens is 411 g/mol. The highest BCUT2D eigenvalue weighted by Crippen LogP contribution is 2.19. The monoisotopic (exact) mass is 442 g/mol. The zero-order valence-corrected chi connectivity index (χ0v) is 18.9. The van der Waals surface area contributed by atoms with Crippen LogP contribution in [0.4, 0.5) is 4.39 Å². The molecule has 0 radical (unpaired) electrons. The van der Waals surface area contributed by atoms with Crippen LogP contribution in [-0.4, -0.2) is 60.1 Å². The summed E-state index contributed by atoms with van der Waals surface area (Å²) in [4.78, 5) is 28.8. The van der Waals surface area contributed by atoms with Crippen molar-refractivity contribution in [3.05, 3.63) is 65.5 Å². The molecule has 1 aliphatic rings. The van der Waals surface area contributed by atoms with Crippen molar-refractivity contribution < 1.29 is 23.5 Å². The molecular formula is C25H31FN2O4. The van der Waals surface area contributed by atoms with E-state index >= 15 is 0 Å². The quantitative estimate of drug-likeness (QED) is 0.581. The molecule has 1 amide bonds. The molecule has 6 nitrogen and oxygen atoms in total. The Bertz CT molecular complexity index is 901. The average Bonchev–Trinajstić information content (AvgIpc) is 2.79. The van der Waals surface area contributed by atoms with Gasteiger partial charge in [-0.25, -0.2) is 9.18 Å². The minimum absolute atomic E-state index is 0.0402. The van der Waals surface area contributed by atoms with Gasteiger partial charge in [-0.05, 0) is 62.2 Å². The summed E-state index contributed by atoms with van der Waals surface area (Å²) in [6, 6.07) is 13.4. The fourth-order valence-corrected chi connectivity index (χ4v) is 3.78. The molecule has 1 heterocycles. The Hall–Kier alpha value is -2.93. The molecule has 1 fully saturated rings. The second kappa shape index (κ2) is 11.1. The van der Waals surface area contributed by atoms with E-state index < -0.39 is 0 Å². The van der Waals surface area contributed by atoms with Gasteiger partial charge in [0, 0.05) is 31.7 Å². The fraction of sp³-hybridized carbons (Fsp3) is 0.440. The molecule has 1 aliphatic heterocycles. The van der Waals surface area contributed by atoms with E-state index in [1.165, 1.54) is 12.1 Å². The van der Waals surface area contributed by atoms with Crippen LogP contribution in [0.15, 0.2) is 48.5 Å². The van der Waals surface area contributed by atoms with Crippen LogP contribution in [0.5, 0.6) is 5.75 Å². The molecule has 1 saturated heterocycles. The Morgan fingerprint density at radius 1 is 1.00 bits per heavy atom. The van der Waals surface area contributed by atoms with Crippen molar-refractivity contribution in [3.8, 4) is 5.75 Å². The maximum Gasteiger partial charge on any atom is 0.338 e. The number of hydrogen-bond acceptors (Lipinski definition) is 5. The highest BCUT2D eigenvalue weighted by atomic mass is 19.1. The molecule has 2 atom stereocenters. The summed E-state index contributed by atoms with van der Waals surface area (Å²) in [5, 5.41) is 0. The number of hydrogen-bond donors (Lipinski definition) is 0. The van der Waals surface area contributed by atoms with E-state index in [2.05, 4.69) is 11.8 Å². The minimum Gasteiger partial charge on any atom is -0.484 e. The van der Waals surface area contributed by atoms with Gasteiger partial charge in [0.25, 0.3) is 5.91 Å². The summed E-state index contributed by atoms with van der Waals surface area (Å²) in [6.45, 7) is 8.44. The molecule has 0 unspecified atom stereocenters. The van der Waals surface area contributed by atoms with Crippen molar-refractivity contribution in [2.45, 2.75) is 45.8 Å². The number of carbonyl (C=O) groups is 2. The number of halogens is 1. The Balaban J connectivity index is 1.50. The summed E-state index contributed by atoms with van der Waals surface area (Å²) in [5.74, 6) is -0.148. The third-order valence-corrected chi connectivity index (χ3v) is 5.62. The molecule has 7 heteroatoms. The molecule has 2 aromatic carbocycles. The minimum atomic E-state index is -0.365. The van der Waals surface area contributed by atoms with E-state index in [1.807, 2.05) is 18.7 Å². The van der Waals surface area contributed by atoms with Crippen LogP contribution in [-0.2, 0) is 16.1 Å². The average molecular weight is 443 g/mol. The summed E-state index contributed by atoms with van der Waals surface area (Å²) in [5.41, 5.74) is 1.51. The van der Waals surface area contributed by atoms with Gasteiger partial charge >= 0.3 is 5.97 Å². The predicted molar refractivity (Wildman–Crippen MR) is 120 cm³/mol. The molecule has 0 aromatic heterocycles. The molecule has 0 aliphatic carbocycles. The van der Waals surface area contributed by atoms with E-state index in [1.54, 1.807) is 36.4 Å². The van der Waals surface area contributed by atoms with E-state index in [9.17, 15) is 14.0 Å². The number of amides is 1. The first-order valence-electron chi connectivity index (χ1n) is 11.0. The Morgan fingerprint density at radius 2 is 1.69 bits per heavy atom. The van der Waals surface area contributed by atoms with Crippen LogP contribution in [0.1, 0.15) is 43.1 Å². The first-order valence-corrected chi connectivity index (χ1v) is 11.0. The van der Waals surface area contributed by atoms with Crippen molar-refractivity contribution in [1.29, 1.82) is 0 Å². The van der Waals surface area contributed by atoms with Crippen molar-refractivity contribution in [2.24, 2.45) is 0 Å². The second-order valence-electron chi connectivity index (χ2n) is 8.25. The Labute approximate surface area is 188 Å². The lowest BCUT2D eigenvalue weighted by atomic mass is 10.1. The van der Waals surface area contributed by atoms with Crippen LogP contribution in [0.3, 0.4) is 0 Å². The van der Waals surface area contributed by atoms with Crippen LogP contribution >= 0.6 is 0 Å². The molecule has 32 heavy (non-hydrogen) atoms. The van der Waals surface area contributed by atoms with Crippen LogP contribution < -0.4 is 4.74 Å². The first-order chi connectivity index (χ1) is 15.4. The summed E-state index contributed by atoms with van der Waals surface area (Å²) < 4.78 is 23.9. The van der Waals surface area contributed by atoms with Gasteiger partial charge in [0.1, 0.15) is 11.6 Å². The van der Waals surface area contributed by atoms with Crippen molar-refractivity contribution in [3.63, 3.8) is 0 Å². The lowest BCUT2D eigenvalue weighted by Gasteiger charge is -2.44. The molecule has 0 saturated carbocycles. The van der Waals surface area contributed by atoms with Gasteiger partial charge in [0.05, 0.1) is 12.2 Å². The number of ether oxygens (including phenoxy) is 2. The van der Waals surface area contributed by atoms with Crippen LogP contribution in [0.25, 0.3) is 0 Å². The van der Waals surface area contributed by atoms with Crippen molar-refractivity contribution in [2.75, 3.05) is 26.3 Å². The number of carbonyl (C=O) groups excluding carboxylic acids is 2. The third-order valence-electron chi connectivity index (χ3n) is 5.62. The van der Waals surface area contributed by atoms with E-state index in [4.69, 9.17) is 9.47 Å². The van der Waals surface area contributed by atoms with Gasteiger partial charge in [-0.2, -0.15) is 0 Å². The Morgan fingerprint density at radius 3 is 2.34 bits per heavy atom. The summed E-state index contributed by atoms with van der Waals surface area (Å²) in [6.07, 6.45) is 0.770. The lowest BCUT2D eigenvalue weighted by Crippen LogP contribution is -2.58. The molecule has 172 valence electrons. The largest absolute Gasteiger partial charge is 0.484 e. The SMILES string of the molecule is CCCOC(=O)c1ccc(OCC(=O)N2C[C@@H](C)N(Cc3ccc(F)cc3)C[C@@H]2C)cc1. The van der Waals surface area contributed by atoms with Gasteiger partial charge in [0.2, 0.25) is 0 Å². The topological polar surface area (TPSA) is 59.1 Å². The predicted octanol–water partition coefficient (Wildman–Crippen LogP) is 3.89. The highest BCUT2D eigenvalue weighted by Gasteiger charge is 2.32. The number of rotatable bonds is 8. The zero-order chi connectivity index (χ0) is 23.1. The molecule has 0 bridgehead atoms. The molecule has 0 N–H and O–H groups in total. The maximum absolute atomic E-state index is 13.1. The summed E-state index contributed by atoms with van der Waals surface area (Å²) >= 11 is 0. The normalized spacial score (nSPS) is 18.9. The molecule has 2 aromatic rings. The smallest absolute Gasteiger partial charge is 0.338 e. The Kier molecular flexibility index (Phi) is 8.22. The van der Waals surface area contributed by atoms with E-state index in [0.717, 1.165) is 25.1 Å². The lowest BCUT2D eigenvalue weighted by molar-refractivity contribution is -0.139. The number of piperazine rings is 1. The van der Waals surface area contributed by atoms with Crippen LogP contribution in [0, 0.1) is 5.82 Å².